The third-order valence-electron chi connectivity index (χ3n) is 3.80. The van der Waals surface area contributed by atoms with Gasteiger partial charge < -0.3 is 0 Å². The van der Waals surface area contributed by atoms with Crippen LogP contribution in [0.15, 0.2) is 30.3 Å². The van der Waals surface area contributed by atoms with E-state index in [2.05, 4.69) is 0 Å². The van der Waals surface area contributed by atoms with Crippen LogP contribution >= 0.6 is 11.6 Å². The highest BCUT2D eigenvalue weighted by Gasteiger charge is 2.45. The second kappa shape index (κ2) is 4.21. The zero-order valence-corrected chi connectivity index (χ0v) is 10.5. The van der Waals surface area contributed by atoms with Crippen molar-refractivity contribution in [2.75, 3.05) is 0 Å². The molecule has 2 heteroatoms. The summed E-state index contributed by atoms with van der Waals surface area (Å²) in [6.07, 6.45) is 1.59. The summed E-state index contributed by atoms with van der Waals surface area (Å²) in [5.41, 5.74) is 0.847. The second-order valence-corrected chi connectivity index (χ2v) is 5.57. The van der Waals surface area contributed by atoms with Crippen LogP contribution in [0.5, 0.6) is 0 Å². The lowest BCUT2D eigenvalue weighted by atomic mass is 9.77. The first-order chi connectivity index (χ1) is 7.53. The minimum Gasteiger partial charge on any atom is -0.299 e. The molecule has 16 heavy (non-hydrogen) atoms. The predicted octanol–water partition coefficient (Wildman–Crippen LogP) is 3.97. The Balaban J connectivity index is 2.24. The molecule has 1 aliphatic carbocycles. The molecule has 1 saturated carbocycles. The third-order valence-corrected chi connectivity index (χ3v) is 4.36. The standard InChI is InChI=1S/C14H17ClO/c1-14(2)11(8-9-12(14)16)13(15)10-6-4-3-5-7-10/h3-7,11,13H,8-9H2,1-2H3. The van der Waals surface area contributed by atoms with Gasteiger partial charge in [-0.25, -0.2) is 0 Å². The summed E-state index contributed by atoms with van der Waals surface area (Å²) in [5.74, 6) is 0.600. The maximum absolute atomic E-state index is 11.8. The zero-order valence-electron chi connectivity index (χ0n) is 9.74. The van der Waals surface area contributed by atoms with Crippen LogP contribution in [0.3, 0.4) is 0 Å². The van der Waals surface area contributed by atoms with Crippen LogP contribution in [0.1, 0.15) is 37.6 Å². The first kappa shape index (κ1) is 11.7. The van der Waals surface area contributed by atoms with Gasteiger partial charge in [-0.15, -0.1) is 11.6 Å². The summed E-state index contributed by atoms with van der Waals surface area (Å²) in [6, 6.07) is 10.0. The Labute approximate surface area is 102 Å². The Morgan fingerprint density at radius 3 is 2.44 bits per heavy atom. The van der Waals surface area contributed by atoms with Gasteiger partial charge in [-0.2, -0.15) is 0 Å². The minimum absolute atomic E-state index is 0.0531. The molecule has 2 atom stereocenters. The van der Waals surface area contributed by atoms with Crippen LogP contribution < -0.4 is 0 Å². The van der Waals surface area contributed by atoms with Crippen LogP contribution in [0.4, 0.5) is 0 Å². The molecule has 1 fully saturated rings. The predicted molar refractivity (Wildman–Crippen MR) is 66.5 cm³/mol. The molecule has 0 spiro atoms. The van der Waals surface area contributed by atoms with Crippen molar-refractivity contribution in [1.82, 2.24) is 0 Å². The summed E-state index contributed by atoms with van der Waals surface area (Å²) in [7, 11) is 0. The fourth-order valence-electron chi connectivity index (χ4n) is 2.56. The lowest BCUT2D eigenvalue weighted by Crippen LogP contribution is -2.27. The first-order valence-corrected chi connectivity index (χ1v) is 6.19. The maximum Gasteiger partial charge on any atom is 0.138 e. The molecular weight excluding hydrogens is 220 g/mol. The lowest BCUT2D eigenvalue weighted by Gasteiger charge is -2.29. The molecule has 1 nitrogen and oxygen atoms in total. The van der Waals surface area contributed by atoms with Gasteiger partial charge in [0.1, 0.15) is 5.78 Å². The van der Waals surface area contributed by atoms with E-state index in [1.165, 1.54) is 0 Å². The zero-order chi connectivity index (χ0) is 11.8. The lowest BCUT2D eigenvalue weighted by molar-refractivity contribution is -0.125. The smallest absolute Gasteiger partial charge is 0.138 e. The van der Waals surface area contributed by atoms with E-state index in [1.807, 2.05) is 44.2 Å². The van der Waals surface area contributed by atoms with Crippen molar-refractivity contribution >= 4 is 17.4 Å². The van der Waals surface area contributed by atoms with Crippen molar-refractivity contribution in [3.8, 4) is 0 Å². The number of hydrogen-bond donors (Lipinski definition) is 0. The number of benzene rings is 1. The van der Waals surface area contributed by atoms with Gasteiger partial charge in [0.2, 0.25) is 0 Å². The summed E-state index contributed by atoms with van der Waals surface area (Å²) in [4.78, 5) is 11.8. The number of carbonyl (C=O) groups is 1. The van der Waals surface area contributed by atoms with E-state index >= 15 is 0 Å². The highest BCUT2D eigenvalue weighted by molar-refractivity contribution is 6.21. The molecule has 0 saturated heterocycles. The van der Waals surface area contributed by atoms with E-state index in [4.69, 9.17) is 11.6 Å². The first-order valence-electron chi connectivity index (χ1n) is 5.76. The molecule has 0 N–H and O–H groups in total. The van der Waals surface area contributed by atoms with E-state index in [9.17, 15) is 4.79 Å². The molecule has 1 aromatic carbocycles. The largest absolute Gasteiger partial charge is 0.299 e. The SMILES string of the molecule is CC1(C)C(=O)CCC1C(Cl)c1ccccc1. The summed E-state index contributed by atoms with van der Waals surface area (Å²) in [6.45, 7) is 4.04. The van der Waals surface area contributed by atoms with E-state index in [-0.39, 0.29) is 16.7 Å². The fraction of sp³-hybridized carbons (Fsp3) is 0.500. The molecule has 0 amide bonds. The number of hydrogen-bond acceptors (Lipinski definition) is 1. The Hall–Kier alpha value is -0.820. The van der Waals surface area contributed by atoms with Crippen molar-refractivity contribution in [2.45, 2.75) is 32.1 Å². The molecule has 0 radical (unpaired) electrons. The van der Waals surface area contributed by atoms with Crippen LogP contribution in [-0.2, 0) is 4.79 Å². The Bertz CT molecular complexity index is 383. The molecule has 0 bridgehead atoms. The summed E-state index contributed by atoms with van der Waals surface area (Å²) >= 11 is 6.51. The van der Waals surface area contributed by atoms with Crippen molar-refractivity contribution in [3.05, 3.63) is 35.9 Å². The van der Waals surface area contributed by atoms with Crippen LogP contribution in [0, 0.1) is 11.3 Å². The van der Waals surface area contributed by atoms with Crippen molar-refractivity contribution in [2.24, 2.45) is 11.3 Å². The van der Waals surface area contributed by atoms with E-state index < -0.39 is 0 Å². The van der Waals surface area contributed by atoms with Gasteiger partial charge in [-0.1, -0.05) is 44.2 Å². The summed E-state index contributed by atoms with van der Waals surface area (Å²) in [5, 5.41) is -0.0531. The quantitative estimate of drug-likeness (QED) is 0.710. The normalized spacial score (nSPS) is 25.7. The number of Topliss-reactive ketones (excluding diaryl/α,β-unsaturated/α-hetero) is 1. The van der Waals surface area contributed by atoms with Crippen LogP contribution in [0.2, 0.25) is 0 Å². The van der Waals surface area contributed by atoms with E-state index in [1.54, 1.807) is 0 Å². The molecule has 1 aromatic rings. The van der Waals surface area contributed by atoms with Gasteiger partial charge in [0.15, 0.2) is 0 Å². The van der Waals surface area contributed by atoms with Gasteiger partial charge in [0.25, 0.3) is 0 Å². The second-order valence-electron chi connectivity index (χ2n) is 5.10. The molecule has 1 aliphatic rings. The molecule has 0 aliphatic heterocycles. The molecule has 0 heterocycles. The van der Waals surface area contributed by atoms with Gasteiger partial charge in [0.05, 0.1) is 5.38 Å². The monoisotopic (exact) mass is 236 g/mol. The summed E-state index contributed by atoms with van der Waals surface area (Å²) < 4.78 is 0. The van der Waals surface area contributed by atoms with Crippen LogP contribution in [0.25, 0.3) is 0 Å². The number of halogens is 1. The topological polar surface area (TPSA) is 17.1 Å². The highest BCUT2D eigenvalue weighted by Crippen LogP contribution is 2.49. The molecule has 0 aromatic heterocycles. The third kappa shape index (κ3) is 1.89. The molecular formula is C14H17ClO. The maximum atomic E-state index is 11.8. The van der Waals surface area contributed by atoms with Gasteiger partial charge in [-0.3, -0.25) is 4.79 Å². The number of alkyl halides is 1. The van der Waals surface area contributed by atoms with E-state index in [0.717, 1.165) is 12.0 Å². The minimum atomic E-state index is -0.276. The van der Waals surface area contributed by atoms with Crippen LogP contribution in [-0.4, -0.2) is 5.78 Å². The Kier molecular flexibility index (Phi) is 3.07. The number of rotatable bonds is 2. The van der Waals surface area contributed by atoms with Gasteiger partial charge in [0, 0.05) is 11.8 Å². The van der Waals surface area contributed by atoms with Gasteiger partial charge >= 0.3 is 0 Å². The molecule has 86 valence electrons. The number of ketones is 1. The Morgan fingerprint density at radius 1 is 1.31 bits per heavy atom. The van der Waals surface area contributed by atoms with Crippen molar-refractivity contribution in [3.63, 3.8) is 0 Å². The average molecular weight is 237 g/mol. The highest BCUT2D eigenvalue weighted by atomic mass is 35.5. The number of carbonyl (C=O) groups excluding carboxylic acids is 1. The van der Waals surface area contributed by atoms with Crippen molar-refractivity contribution < 1.29 is 4.79 Å². The molecule has 2 unspecified atom stereocenters. The molecule has 2 rings (SSSR count). The van der Waals surface area contributed by atoms with Crippen molar-refractivity contribution in [1.29, 1.82) is 0 Å². The van der Waals surface area contributed by atoms with E-state index in [0.29, 0.717) is 12.2 Å². The fourth-order valence-corrected chi connectivity index (χ4v) is 3.14. The van der Waals surface area contributed by atoms with Gasteiger partial charge in [-0.05, 0) is 17.9 Å². The Morgan fingerprint density at radius 2 is 1.94 bits per heavy atom. The average Bonchev–Trinajstić information content (AvgIpc) is 2.54.